The first-order valence-electron chi connectivity index (χ1n) is 9.77. The monoisotopic (exact) mass is 447 g/mol. The maximum absolute atomic E-state index is 12.5. The van der Waals surface area contributed by atoms with Crippen molar-refractivity contribution in [3.05, 3.63) is 77.0 Å². The summed E-state index contributed by atoms with van der Waals surface area (Å²) in [5.74, 6) is -1.23. The Morgan fingerprint density at radius 3 is 2.70 bits per heavy atom. The highest BCUT2D eigenvalue weighted by Gasteiger charge is 2.21. The molecule has 0 saturated carbocycles. The quantitative estimate of drug-likeness (QED) is 0.346. The average Bonchev–Trinajstić information content (AvgIpc) is 2.79. The summed E-state index contributed by atoms with van der Waals surface area (Å²) >= 11 is 0. The van der Waals surface area contributed by atoms with Crippen molar-refractivity contribution in [2.75, 3.05) is 11.9 Å². The number of hydrogen-bond donors (Lipinski definition) is 2. The van der Waals surface area contributed by atoms with Gasteiger partial charge in [-0.2, -0.15) is 0 Å². The summed E-state index contributed by atoms with van der Waals surface area (Å²) in [6, 6.07) is 8.22. The Kier molecular flexibility index (Phi) is 5.98. The van der Waals surface area contributed by atoms with Crippen molar-refractivity contribution in [2.45, 2.75) is 6.92 Å². The Labute approximate surface area is 186 Å². The molecule has 0 unspecified atom stereocenters. The van der Waals surface area contributed by atoms with Crippen LogP contribution >= 0.6 is 0 Å². The van der Waals surface area contributed by atoms with Crippen molar-refractivity contribution in [2.24, 2.45) is 0 Å². The van der Waals surface area contributed by atoms with Crippen LogP contribution in [0.4, 0.5) is 10.5 Å². The van der Waals surface area contributed by atoms with E-state index in [2.05, 4.69) is 15.3 Å². The highest BCUT2D eigenvalue weighted by atomic mass is 16.5. The molecular weight excluding hydrogens is 430 g/mol. The number of fused-ring (bicyclic) bond motifs is 1. The minimum Gasteiger partial charge on any atom is -0.507 e. The van der Waals surface area contributed by atoms with Gasteiger partial charge in [-0.05, 0) is 25.1 Å². The van der Waals surface area contributed by atoms with Gasteiger partial charge in [0.05, 0.1) is 35.0 Å². The molecule has 4 rings (SSSR count). The van der Waals surface area contributed by atoms with Gasteiger partial charge in [-0.15, -0.1) is 0 Å². The second-order valence-electron chi connectivity index (χ2n) is 6.69. The number of hydrogen-bond acceptors (Lipinski definition) is 9. The number of rotatable bonds is 5. The van der Waals surface area contributed by atoms with Crippen molar-refractivity contribution in [1.82, 2.24) is 9.97 Å². The molecule has 3 aromatic heterocycles. The molecule has 0 bridgehead atoms. The first-order chi connectivity index (χ1) is 16.0. The molecular formula is C23H17N3O7. The molecule has 0 spiro atoms. The number of phenolic OH excluding ortho intramolecular Hbond substituents is 1. The smallest absolute Gasteiger partial charge is 0.411 e. The number of esters is 1. The first kappa shape index (κ1) is 21.5. The van der Waals surface area contributed by atoms with Gasteiger partial charge in [-0.25, -0.2) is 9.59 Å². The van der Waals surface area contributed by atoms with Gasteiger partial charge in [0.25, 0.3) is 0 Å². The second-order valence-corrected chi connectivity index (χ2v) is 6.69. The van der Waals surface area contributed by atoms with Crippen LogP contribution in [0.25, 0.3) is 22.3 Å². The van der Waals surface area contributed by atoms with Crippen LogP contribution in [-0.4, -0.2) is 33.7 Å². The van der Waals surface area contributed by atoms with E-state index in [1.807, 2.05) is 0 Å². The maximum atomic E-state index is 12.5. The van der Waals surface area contributed by atoms with E-state index in [-0.39, 0.29) is 45.9 Å². The lowest BCUT2D eigenvalue weighted by atomic mass is 10.1. The highest BCUT2D eigenvalue weighted by molar-refractivity contribution is 5.95. The number of pyridine rings is 2. The van der Waals surface area contributed by atoms with E-state index < -0.39 is 17.8 Å². The van der Waals surface area contributed by atoms with E-state index in [9.17, 15) is 19.5 Å². The Bertz CT molecular complexity index is 1400. The number of phenols is 1. The molecule has 1 aromatic carbocycles. The lowest BCUT2D eigenvalue weighted by Crippen LogP contribution is -2.15. The van der Waals surface area contributed by atoms with E-state index in [0.29, 0.717) is 5.39 Å². The predicted octanol–water partition coefficient (Wildman–Crippen LogP) is 3.74. The van der Waals surface area contributed by atoms with Crippen LogP contribution in [0.15, 0.2) is 70.4 Å². The number of anilines is 1. The zero-order valence-electron chi connectivity index (χ0n) is 17.3. The van der Waals surface area contributed by atoms with Crippen LogP contribution in [0.3, 0.4) is 0 Å². The largest absolute Gasteiger partial charge is 0.507 e. The van der Waals surface area contributed by atoms with Crippen LogP contribution in [0.5, 0.6) is 11.5 Å². The Morgan fingerprint density at radius 1 is 1.12 bits per heavy atom. The minimum atomic E-state index is -0.821. The van der Waals surface area contributed by atoms with Gasteiger partial charge in [0.1, 0.15) is 17.3 Å². The molecule has 1 amide bonds. The standard InChI is InChI=1S/C23H17N3O7/c1-2-31-23(30)26-16-8-14(32-22(29)13-4-3-6-24-11-13)9-18(28)21(16)19-10-17(27)15-5-7-25-12-20(15)33-19/h3-12,28H,2H2,1H3,(H,26,30). The summed E-state index contributed by atoms with van der Waals surface area (Å²) in [6.07, 6.45) is 4.83. The van der Waals surface area contributed by atoms with Gasteiger partial charge in [-0.1, -0.05) is 0 Å². The molecule has 33 heavy (non-hydrogen) atoms. The van der Waals surface area contributed by atoms with E-state index in [4.69, 9.17) is 13.9 Å². The number of carbonyl (C=O) groups is 2. The molecule has 4 aromatic rings. The Morgan fingerprint density at radius 2 is 1.94 bits per heavy atom. The molecule has 0 saturated heterocycles. The van der Waals surface area contributed by atoms with Gasteiger partial charge in [0.15, 0.2) is 11.0 Å². The third-order valence-corrected chi connectivity index (χ3v) is 4.49. The van der Waals surface area contributed by atoms with Crippen molar-refractivity contribution < 1.29 is 28.6 Å². The lowest BCUT2D eigenvalue weighted by molar-refractivity contribution is 0.0734. The third-order valence-electron chi connectivity index (χ3n) is 4.49. The van der Waals surface area contributed by atoms with Crippen molar-refractivity contribution in [3.63, 3.8) is 0 Å². The van der Waals surface area contributed by atoms with Crippen LogP contribution < -0.4 is 15.5 Å². The van der Waals surface area contributed by atoms with Gasteiger partial charge < -0.3 is 19.0 Å². The van der Waals surface area contributed by atoms with E-state index in [1.54, 1.807) is 13.0 Å². The molecule has 3 heterocycles. The number of nitrogens with zero attached hydrogens (tertiary/aromatic N) is 2. The van der Waals surface area contributed by atoms with E-state index in [1.165, 1.54) is 49.1 Å². The lowest BCUT2D eigenvalue weighted by Gasteiger charge is -2.15. The van der Waals surface area contributed by atoms with E-state index in [0.717, 1.165) is 6.07 Å². The molecule has 0 aliphatic carbocycles. The van der Waals surface area contributed by atoms with Crippen LogP contribution in [-0.2, 0) is 4.74 Å². The second kappa shape index (κ2) is 9.18. The molecule has 0 fully saturated rings. The number of amides is 1. The Hall–Kier alpha value is -4.73. The summed E-state index contributed by atoms with van der Waals surface area (Å²) in [5, 5.41) is 13.5. The topological polar surface area (TPSA) is 141 Å². The average molecular weight is 447 g/mol. The van der Waals surface area contributed by atoms with Crippen LogP contribution in [0.2, 0.25) is 0 Å². The van der Waals surface area contributed by atoms with Crippen molar-refractivity contribution >= 4 is 28.7 Å². The molecule has 0 aliphatic rings. The Balaban J connectivity index is 1.80. The zero-order chi connectivity index (χ0) is 23.4. The van der Waals surface area contributed by atoms with Gasteiger partial charge in [-0.3, -0.25) is 20.1 Å². The number of carbonyl (C=O) groups excluding carboxylic acids is 2. The number of ether oxygens (including phenoxy) is 2. The first-order valence-corrected chi connectivity index (χ1v) is 9.77. The van der Waals surface area contributed by atoms with Crippen molar-refractivity contribution in [1.29, 1.82) is 0 Å². The number of benzene rings is 1. The van der Waals surface area contributed by atoms with Gasteiger partial charge in [0.2, 0.25) is 0 Å². The number of aromatic hydroxyl groups is 1. The maximum Gasteiger partial charge on any atom is 0.411 e. The summed E-state index contributed by atoms with van der Waals surface area (Å²) < 4.78 is 16.0. The third kappa shape index (κ3) is 4.64. The molecule has 0 radical (unpaired) electrons. The fourth-order valence-electron chi connectivity index (χ4n) is 3.08. The number of aromatic nitrogens is 2. The van der Waals surface area contributed by atoms with Crippen LogP contribution in [0, 0.1) is 0 Å². The summed E-state index contributed by atoms with van der Waals surface area (Å²) in [6.45, 7) is 1.72. The summed E-state index contributed by atoms with van der Waals surface area (Å²) in [7, 11) is 0. The minimum absolute atomic E-state index is 0.00572. The zero-order valence-corrected chi connectivity index (χ0v) is 17.3. The van der Waals surface area contributed by atoms with Crippen molar-refractivity contribution in [3.8, 4) is 22.8 Å². The SMILES string of the molecule is CCOC(=O)Nc1cc(OC(=O)c2cccnc2)cc(O)c1-c1cc(=O)c2ccncc2o1. The van der Waals surface area contributed by atoms with Crippen LogP contribution in [0.1, 0.15) is 17.3 Å². The molecule has 10 heteroatoms. The summed E-state index contributed by atoms with van der Waals surface area (Å²) in [5.41, 5.74) is -0.00862. The molecule has 166 valence electrons. The van der Waals surface area contributed by atoms with Gasteiger partial charge in [0, 0.05) is 36.8 Å². The normalized spacial score (nSPS) is 10.6. The number of nitrogens with one attached hydrogen (secondary N) is 1. The van der Waals surface area contributed by atoms with E-state index >= 15 is 0 Å². The molecule has 2 N–H and O–H groups in total. The molecule has 0 atom stereocenters. The molecule has 10 nitrogen and oxygen atoms in total. The fraction of sp³-hybridized carbons (Fsp3) is 0.0870. The van der Waals surface area contributed by atoms with Gasteiger partial charge >= 0.3 is 12.1 Å². The highest BCUT2D eigenvalue weighted by Crippen LogP contribution is 2.40. The predicted molar refractivity (Wildman–Crippen MR) is 117 cm³/mol. The molecule has 0 aliphatic heterocycles. The summed E-state index contributed by atoms with van der Waals surface area (Å²) in [4.78, 5) is 44.8. The fourth-order valence-corrected chi connectivity index (χ4v) is 3.08.